The Morgan fingerprint density at radius 2 is 1.94 bits per heavy atom. The standard InChI is InChI=1S/C27H34FN5O3/c1-18-15-31(26(34)36-27(2,3)4)10-11-32(18)24-23-22(19-8-12-35-13-9-19)16-33(25(23)30-17-29-24)21-7-5-6-20(28)14-21/h5-7,14,16-19H,8-13,15H2,1-4H3/t18-/m1/s1. The Labute approximate surface area is 211 Å². The zero-order valence-corrected chi connectivity index (χ0v) is 21.4. The molecule has 1 atom stereocenters. The molecule has 8 nitrogen and oxygen atoms in total. The molecule has 192 valence electrons. The third kappa shape index (κ3) is 4.89. The highest BCUT2D eigenvalue weighted by atomic mass is 19.1. The van der Waals surface area contributed by atoms with E-state index in [1.807, 2.05) is 31.4 Å². The van der Waals surface area contributed by atoms with Crippen LogP contribution in [0.25, 0.3) is 16.7 Å². The highest BCUT2D eigenvalue weighted by Crippen LogP contribution is 2.39. The number of rotatable bonds is 3. The van der Waals surface area contributed by atoms with E-state index >= 15 is 0 Å². The highest BCUT2D eigenvalue weighted by Gasteiger charge is 2.33. The van der Waals surface area contributed by atoms with E-state index in [-0.39, 0.29) is 18.0 Å². The van der Waals surface area contributed by atoms with E-state index in [4.69, 9.17) is 14.5 Å². The van der Waals surface area contributed by atoms with Gasteiger partial charge in [-0.15, -0.1) is 0 Å². The first-order valence-electron chi connectivity index (χ1n) is 12.7. The number of halogens is 1. The minimum atomic E-state index is -0.533. The van der Waals surface area contributed by atoms with E-state index in [1.165, 1.54) is 12.1 Å². The lowest BCUT2D eigenvalue weighted by Crippen LogP contribution is -2.54. The van der Waals surface area contributed by atoms with Gasteiger partial charge in [-0.05, 0) is 70.2 Å². The van der Waals surface area contributed by atoms with Gasteiger partial charge in [-0.3, -0.25) is 0 Å². The van der Waals surface area contributed by atoms with E-state index < -0.39 is 5.60 Å². The number of benzene rings is 1. The molecule has 5 rings (SSSR count). The second kappa shape index (κ2) is 9.69. The smallest absolute Gasteiger partial charge is 0.410 e. The van der Waals surface area contributed by atoms with E-state index in [2.05, 4.69) is 23.0 Å². The van der Waals surface area contributed by atoms with Crippen molar-refractivity contribution >= 4 is 22.9 Å². The normalized spacial score (nSPS) is 19.6. The van der Waals surface area contributed by atoms with Gasteiger partial charge in [0.25, 0.3) is 0 Å². The molecule has 0 aliphatic carbocycles. The van der Waals surface area contributed by atoms with Crippen molar-refractivity contribution in [2.24, 2.45) is 0 Å². The summed E-state index contributed by atoms with van der Waals surface area (Å²) in [6, 6.07) is 6.60. The maximum absolute atomic E-state index is 14.1. The maximum atomic E-state index is 14.1. The lowest BCUT2D eigenvalue weighted by atomic mass is 9.91. The lowest BCUT2D eigenvalue weighted by molar-refractivity contribution is 0.0218. The number of amides is 1. The van der Waals surface area contributed by atoms with Crippen molar-refractivity contribution in [1.82, 2.24) is 19.4 Å². The number of carbonyl (C=O) groups is 1. The van der Waals surface area contributed by atoms with Crippen molar-refractivity contribution in [3.63, 3.8) is 0 Å². The molecule has 0 spiro atoms. The summed E-state index contributed by atoms with van der Waals surface area (Å²) in [5, 5.41) is 0.992. The van der Waals surface area contributed by atoms with Crippen molar-refractivity contribution in [1.29, 1.82) is 0 Å². The van der Waals surface area contributed by atoms with Crippen LogP contribution in [0.15, 0.2) is 36.8 Å². The van der Waals surface area contributed by atoms with Crippen LogP contribution < -0.4 is 4.90 Å². The topological polar surface area (TPSA) is 72.7 Å². The first kappa shape index (κ1) is 24.5. The fraction of sp³-hybridized carbons (Fsp3) is 0.519. The van der Waals surface area contributed by atoms with Crippen LogP contribution in [0.3, 0.4) is 0 Å². The molecule has 0 unspecified atom stereocenters. The van der Waals surface area contributed by atoms with Crippen LogP contribution in [-0.2, 0) is 9.47 Å². The Bertz CT molecular complexity index is 1250. The molecule has 3 aromatic rings. The molecular formula is C27H34FN5O3. The maximum Gasteiger partial charge on any atom is 0.410 e. The average Bonchev–Trinajstić information content (AvgIpc) is 3.24. The Morgan fingerprint density at radius 3 is 2.64 bits per heavy atom. The minimum absolute atomic E-state index is 0.0319. The number of hydrogen-bond donors (Lipinski definition) is 0. The van der Waals surface area contributed by atoms with Gasteiger partial charge in [-0.2, -0.15) is 0 Å². The van der Waals surface area contributed by atoms with Crippen LogP contribution in [-0.4, -0.2) is 70.0 Å². The van der Waals surface area contributed by atoms with Gasteiger partial charge >= 0.3 is 6.09 Å². The van der Waals surface area contributed by atoms with Crippen LogP contribution in [0.5, 0.6) is 0 Å². The highest BCUT2D eigenvalue weighted by molar-refractivity contribution is 5.93. The molecule has 2 aliphatic rings. The van der Waals surface area contributed by atoms with Crippen molar-refractivity contribution in [2.75, 3.05) is 37.7 Å². The predicted molar refractivity (Wildman–Crippen MR) is 136 cm³/mol. The molecule has 2 fully saturated rings. The zero-order valence-electron chi connectivity index (χ0n) is 21.4. The molecule has 1 amide bonds. The second-order valence-electron chi connectivity index (χ2n) is 10.7. The van der Waals surface area contributed by atoms with Gasteiger partial charge in [0.1, 0.15) is 29.2 Å². The third-order valence-electron chi connectivity index (χ3n) is 6.89. The molecule has 2 aliphatic heterocycles. The quantitative estimate of drug-likeness (QED) is 0.515. The summed E-state index contributed by atoms with van der Waals surface area (Å²) in [6.45, 7) is 10.9. The summed E-state index contributed by atoms with van der Waals surface area (Å²) in [4.78, 5) is 26.1. The molecule has 0 saturated carbocycles. The van der Waals surface area contributed by atoms with E-state index in [0.29, 0.717) is 38.8 Å². The van der Waals surface area contributed by atoms with Gasteiger partial charge in [0.15, 0.2) is 0 Å². The third-order valence-corrected chi connectivity index (χ3v) is 6.89. The fourth-order valence-electron chi connectivity index (χ4n) is 5.20. The SMILES string of the molecule is C[C@@H]1CN(C(=O)OC(C)(C)C)CCN1c1ncnc2c1c(C1CCOCC1)cn2-c1cccc(F)c1. The number of anilines is 1. The monoisotopic (exact) mass is 495 g/mol. The van der Waals surface area contributed by atoms with Crippen LogP contribution in [0.4, 0.5) is 15.0 Å². The van der Waals surface area contributed by atoms with Crippen LogP contribution in [0.1, 0.15) is 52.0 Å². The zero-order chi connectivity index (χ0) is 25.4. The Kier molecular flexibility index (Phi) is 6.59. The van der Waals surface area contributed by atoms with Gasteiger partial charge in [0.2, 0.25) is 0 Å². The molecule has 0 N–H and O–H groups in total. The first-order chi connectivity index (χ1) is 17.2. The van der Waals surface area contributed by atoms with Gasteiger partial charge in [0, 0.05) is 50.8 Å². The molecule has 36 heavy (non-hydrogen) atoms. The molecule has 0 radical (unpaired) electrons. The lowest BCUT2D eigenvalue weighted by Gasteiger charge is -2.41. The predicted octanol–water partition coefficient (Wildman–Crippen LogP) is 4.90. The van der Waals surface area contributed by atoms with E-state index in [1.54, 1.807) is 17.3 Å². The van der Waals surface area contributed by atoms with Crippen LogP contribution in [0, 0.1) is 5.82 Å². The number of nitrogens with zero attached hydrogens (tertiary/aromatic N) is 5. The van der Waals surface area contributed by atoms with Crippen molar-refractivity contribution < 1.29 is 18.7 Å². The average molecular weight is 496 g/mol. The molecule has 2 aromatic heterocycles. The fourth-order valence-corrected chi connectivity index (χ4v) is 5.20. The van der Waals surface area contributed by atoms with E-state index in [0.717, 1.165) is 40.9 Å². The molecule has 9 heteroatoms. The Hall–Kier alpha value is -3.20. The summed E-state index contributed by atoms with van der Waals surface area (Å²) in [7, 11) is 0. The molecule has 1 aromatic carbocycles. The van der Waals surface area contributed by atoms with Crippen LogP contribution in [0.2, 0.25) is 0 Å². The van der Waals surface area contributed by atoms with Gasteiger partial charge in [0.05, 0.1) is 5.39 Å². The molecule has 4 heterocycles. The number of fused-ring (bicyclic) bond motifs is 1. The van der Waals surface area contributed by atoms with Crippen molar-refractivity contribution in [3.05, 3.63) is 48.2 Å². The van der Waals surface area contributed by atoms with E-state index in [9.17, 15) is 9.18 Å². The molecule has 0 bridgehead atoms. The number of hydrogen-bond acceptors (Lipinski definition) is 6. The number of carbonyl (C=O) groups excluding carboxylic acids is 1. The largest absolute Gasteiger partial charge is 0.444 e. The number of ether oxygens (including phenoxy) is 2. The summed E-state index contributed by atoms with van der Waals surface area (Å²) < 4.78 is 27.3. The summed E-state index contributed by atoms with van der Waals surface area (Å²) in [6.07, 6.45) is 5.21. The summed E-state index contributed by atoms with van der Waals surface area (Å²) >= 11 is 0. The van der Waals surface area contributed by atoms with Crippen molar-refractivity contribution in [3.8, 4) is 5.69 Å². The van der Waals surface area contributed by atoms with Crippen molar-refractivity contribution in [2.45, 2.75) is 58.1 Å². The van der Waals surface area contributed by atoms with Gasteiger partial charge in [-0.1, -0.05) is 6.07 Å². The van der Waals surface area contributed by atoms with Gasteiger partial charge in [-0.25, -0.2) is 19.2 Å². The Morgan fingerprint density at radius 1 is 1.17 bits per heavy atom. The van der Waals surface area contributed by atoms with Gasteiger partial charge < -0.3 is 23.8 Å². The first-order valence-corrected chi connectivity index (χ1v) is 12.7. The number of aromatic nitrogens is 3. The summed E-state index contributed by atoms with van der Waals surface area (Å²) in [5.74, 6) is 0.871. The van der Waals surface area contributed by atoms with Crippen LogP contribution >= 0.6 is 0 Å². The summed E-state index contributed by atoms with van der Waals surface area (Å²) in [5.41, 5.74) is 2.11. The second-order valence-corrected chi connectivity index (χ2v) is 10.7. The number of piperazine rings is 1. The Balaban J connectivity index is 1.54. The molecular weight excluding hydrogens is 461 g/mol. The molecule has 2 saturated heterocycles. The minimum Gasteiger partial charge on any atom is -0.444 e.